The van der Waals surface area contributed by atoms with Crippen molar-refractivity contribution in [1.82, 2.24) is 0 Å². The fourth-order valence-electron chi connectivity index (χ4n) is 4.73. The first-order chi connectivity index (χ1) is 14.7. The molecule has 0 N–H and O–H groups in total. The van der Waals surface area contributed by atoms with Crippen LogP contribution in [0.4, 0.5) is 0 Å². The van der Waals surface area contributed by atoms with E-state index in [0.717, 1.165) is 19.3 Å². The lowest BCUT2D eigenvalue weighted by atomic mass is 9.82. The minimum Gasteiger partial charge on any atom is -0.493 e. The highest BCUT2D eigenvalue weighted by molar-refractivity contribution is 6.01. The van der Waals surface area contributed by atoms with E-state index in [9.17, 15) is 4.79 Å². The summed E-state index contributed by atoms with van der Waals surface area (Å²) in [5, 5.41) is 2.50. The molecule has 3 nitrogen and oxygen atoms in total. The van der Waals surface area contributed by atoms with E-state index in [-0.39, 0.29) is 11.7 Å². The summed E-state index contributed by atoms with van der Waals surface area (Å²) >= 11 is 0. The topological polar surface area (TPSA) is 35.5 Å². The summed E-state index contributed by atoms with van der Waals surface area (Å²) in [4.78, 5) is 13.3. The molecule has 2 aliphatic rings. The number of aryl methyl sites for hydroxylation is 1. The van der Waals surface area contributed by atoms with Crippen molar-refractivity contribution < 1.29 is 14.3 Å². The maximum atomic E-state index is 13.3. The standard InChI is InChI=1S/C27H24O3/c1-29-25-14-11-20(16-26(25)30-2)27(28)19-8-7-18-10-12-22-21-6-4-3-5-17(21)9-13-23(22)24(18)15-19/h3-6,10-16,19H,7-9H2,1-2H3. The molecule has 1 unspecified atom stereocenters. The van der Waals surface area contributed by atoms with E-state index in [2.05, 4.69) is 48.6 Å². The molecule has 5 rings (SSSR count). The first-order valence-corrected chi connectivity index (χ1v) is 10.4. The third-order valence-electron chi connectivity index (χ3n) is 6.31. The number of Topliss-reactive ketones (excluding diaryl/α,β-unsaturated/α-hetero) is 1. The third-order valence-corrected chi connectivity index (χ3v) is 6.31. The second kappa shape index (κ2) is 7.49. The first-order valence-electron chi connectivity index (χ1n) is 10.4. The van der Waals surface area contributed by atoms with Crippen LogP contribution in [0.5, 0.6) is 11.5 Å². The lowest BCUT2D eigenvalue weighted by Crippen LogP contribution is -2.37. The van der Waals surface area contributed by atoms with Crippen LogP contribution in [-0.4, -0.2) is 20.0 Å². The molecule has 0 saturated heterocycles. The molecule has 3 aromatic rings. The Morgan fingerprint density at radius 3 is 2.53 bits per heavy atom. The van der Waals surface area contributed by atoms with Crippen LogP contribution in [0.15, 0.2) is 54.6 Å². The van der Waals surface area contributed by atoms with Gasteiger partial charge in [0.25, 0.3) is 0 Å². The summed E-state index contributed by atoms with van der Waals surface area (Å²) in [6, 6.07) is 18.5. The molecule has 1 atom stereocenters. The third kappa shape index (κ3) is 3.02. The predicted molar refractivity (Wildman–Crippen MR) is 119 cm³/mol. The molecule has 3 aromatic carbocycles. The predicted octanol–water partition coefficient (Wildman–Crippen LogP) is 3.93. The Bertz CT molecular complexity index is 1270. The molecule has 0 aromatic heterocycles. The van der Waals surface area contributed by atoms with Gasteiger partial charge in [-0.2, -0.15) is 0 Å². The molecule has 3 heteroatoms. The second-order valence-electron chi connectivity index (χ2n) is 7.91. The van der Waals surface area contributed by atoms with E-state index in [1.165, 1.54) is 32.7 Å². The zero-order chi connectivity index (χ0) is 20.7. The molecule has 0 fully saturated rings. The average Bonchev–Trinajstić information content (AvgIpc) is 2.82. The Morgan fingerprint density at radius 2 is 1.70 bits per heavy atom. The van der Waals surface area contributed by atoms with E-state index in [4.69, 9.17) is 9.47 Å². The van der Waals surface area contributed by atoms with Gasteiger partial charge in [-0.1, -0.05) is 48.6 Å². The molecule has 0 spiro atoms. The molecule has 150 valence electrons. The molecular formula is C27H24O3. The number of carbonyl (C=O) groups excluding carboxylic acids is 1. The Hall–Kier alpha value is -3.33. The maximum absolute atomic E-state index is 13.3. The van der Waals surface area contributed by atoms with Crippen molar-refractivity contribution >= 4 is 17.9 Å². The van der Waals surface area contributed by atoms with Crippen LogP contribution in [0.1, 0.15) is 27.9 Å². The summed E-state index contributed by atoms with van der Waals surface area (Å²) in [5.41, 5.74) is 5.93. The SMILES string of the molecule is COc1ccc(C(=O)C2C=c3c(ccc4c3=CCc3ccccc3-4)CC2)cc1OC. The monoisotopic (exact) mass is 396 g/mol. The minimum atomic E-state index is -0.132. The molecule has 0 heterocycles. The van der Waals surface area contributed by atoms with E-state index < -0.39 is 0 Å². The minimum absolute atomic E-state index is 0.132. The first kappa shape index (κ1) is 18.7. The molecular weight excluding hydrogens is 372 g/mol. The quantitative estimate of drug-likeness (QED) is 0.627. The smallest absolute Gasteiger partial charge is 0.169 e. The Kier molecular flexibility index (Phi) is 4.66. The van der Waals surface area contributed by atoms with Crippen LogP contribution < -0.4 is 19.9 Å². The van der Waals surface area contributed by atoms with Gasteiger partial charge >= 0.3 is 0 Å². The summed E-state index contributed by atoms with van der Waals surface area (Å²) in [5.74, 6) is 1.22. The summed E-state index contributed by atoms with van der Waals surface area (Å²) < 4.78 is 10.7. The van der Waals surface area contributed by atoms with Gasteiger partial charge in [0.1, 0.15) is 0 Å². The van der Waals surface area contributed by atoms with E-state index in [1.54, 1.807) is 26.4 Å². The van der Waals surface area contributed by atoms with Gasteiger partial charge in [0, 0.05) is 11.5 Å². The number of ketones is 1. The van der Waals surface area contributed by atoms with Crippen LogP contribution in [0.2, 0.25) is 0 Å². The zero-order valence-electron chi connectivity index (χ0n) is 17.3. The lowest BCUT2D eigenvalue weighted by Gasteiger charge is -2.21. The number of fused-ring (bicyclic) bond motifs is 5. The van der Waals surface area contributed by atoms with Crippen molar-refractivity contribution in [1.29, 1.82) is 0 Å². The fraction of sp³-hybridized carbons (Fsp3) is 0.222. The van der Waals surface area contributed by atoms with E-state index in [1.807, 2.05) is 6.07 Å². The normalized spacial score (nSPS) is 16.3. The van der Waals surface area contributed by atoms with Crippen molar-refractivity contribution in [2.24, 2.45) is 5.92 Å². The molecule has 0 radical (unpaired) electrons. The number of benzene rings is 3. The van der Waals surface area contributed by atoms with Crippen LogP contribution in [0.3, 0.4) is 0 Å². The molecule has 30 heavy (non-hydrogen) atoms. The highest BCUT2D eigenvalue weighted by atomic mass is 16.5. The second-order valence-corrected chi connectivity index (χ2v) is 7.91. The zero-order valence-corrected chi connectivity index (χ0v) is 17.3. The van der Waals surface area contributed by atoms with E-state index in [0.29, 0.717) is 17.1 Å². The Balaban J connectivity index is 1.58. The van der Waals surface area contributed by atoms with Gasteiger partial charge in [0.05, 0.1) is 14.2 Å². The van der Waals surface area contributed by atoms with Crippen molar-refractivity contribution in [2.45, 2.75) is 19.3 Å². The summed E-state index contributed by atoms with van der Waals surface area (Å²) in [6.45, 7) is 0. The highest BCUT2D eigenvalue weighted by Crippen LogP contribution is 2.30. The molecule has 0 aliphatic heterocycles. The Morgan fingerprint density at radius 1 is 0.867 bits per heavy atom. The van der Waals surface area contributed by atoms with Gasteiger partial charge < -0.3 is 9.47 Å². The number of ether oxygens (including phenoxy) is 2. The van der Waals surface area contributed by atoms with Gasteiger partial charge in [-0.3, -0.25) is 4.79 Å². The highest BCUT2D eigenvalue weighted by Gasteiger charge is 2.23. The summed E-state index contributed by atoms with van der Waals surface area (Å²) in [6.07, 6.45) is 7.17. The fourth-order valence-corrected chi connectivity index (χ4v) is 4.73. The average molecular weight is 396 g/mol. The van der Waals surface area contributed by atoms with Crippen LogP contribution >= 0.6 is 0 Å². The molecule has 0 amide bonds. The summed E-state index contributed by atoms with van der Waals surface area (Å²) in [7, 11) is 3.19. The van der Waals surface area contributed by atoms with E-state index >= 15 is 0 Å². The van der Waals surface area contributed by atoms with Crippen molar-refractivity contribution in [3.05, 3.63) is 81.7 Å². The molecule has 0 bridgehead atoms. The Labute approximate surface area is 176 Å². The number of rotatable bonds is 4. The van der Waals surface area contributed by atoms with Gasteiger partial charge in [-0.05, 0) is 70.2 Å². The van der Waals surface area contributed by atoms with Crippen molar-refractivity contribution in [2.75, 3.05) is 14.2 Å². The van der Waals surface area contributed by atoms with Crippen LogP contribution in [-0.2, 0) is 12.8 Å². The van der Waals surface area contributed by atoms with Crippen molar-refractivity contribution in [3.8, 4) is 22.6 Å². The largest absolute Gasteiger partial charge is 0.493 e. The van der Waals surface area contributed by atoms with Gasteiger partial charge in [-0.15, -0.1) is 0 Å². The van der Waals surface area contributed by atoms with Gasteiger partial charge in [0.2, 0.25) is 0 Å². The van der Waals surface area contributed by atoms with Crippen LogP contribution in [0, 0.1) is 5.92 Å². The van der Waals surface area contributed by atoms with Crippen LogP contribution in [0.25, 0.3) is 23.3 Å². The van der Waals surface area contributed by atoms with Crippen molar-refractivity contribution in [3.63, 3.8) is 0 Å². The lowest BCUT2D eigenvalue weighted by molar-refractivity contribution is 0.0946. The molecule has 2 aliphatic carbocycles. The number of hydrogen-bond acceptors (Lipinski definition) is 3. The maximum Gasteiger partial charge on any atom is 0.169 e. The van der Waals surface area contributed by atoms with Gasteiger partial charge in [-0.25, -0.2) is 0 Å². The number of carbonyl (C=O) groups is 1. The number of hydrogen-bond donors (Lipinski definition) is 0. The van der Waals surface area contributed by atoms with Gasteiger partial charge in [0.15, 0.2) is 17.3 Å². The number of methoxy groups -OCH3 is 2. The molecule has 0 saturated carbocycles.